The molecule has 2 aromatic carbocycles. The van der Waals surface area contributed by atoms with Crippen molar-refractivity contribution >= 4 is 17.9 Å². The summed E-state index contributed by atoms with van der Waals surface area (Å²) < 4.78 is 66.2. The molecule has 0 aromatic heterocycles. The van der Waals surface area contributed by atoms with Gasteiger partial charge in [-0.2, -0.15) is 13.2 Å². The Kier molecular flexibility index (Phi) is 7.34. The second-order valence-electron chi connectivity index (χ2n) is 9.97. The van der Waals surface area contributed by atoms with E-state index in [0.29, 0.717) is 12.0 Å². The number of fused-ring (bicyclic) bond motifs is 1. The van der Waals surface area contributed by atoms with Gasteiger partial charge in [0.2, 0.25) is 11.8 Å². The predicted octanol–water partition coefficient (Wildman–Crippen LogP) is 4.28. The Morgan fingerprint density at radius 1 is 1.15 bits per heavy atom. The quantitative estimate of drug-likeness (QED) is 0.413. The second kappa shape index (κ2) is 10.6. The molecule has 2 aromatic rings. The van der Waals surface area contributed by atoms with Crippen molar-refractivity contribution in [1.29, 1.82) is 0 Å². The molecule has 2 atom stereocenters. The van der Waals surface area contributed by atoms with Crippen LogP contribution in [-0.2, 0) is 38.3 Å². The number of carbonyl (C=O) groups is 3. The highest BCUT2D eigenvalue weighted by atomic mass is 19.4. The van der Waals surface area contributed by atoms with Crippen molar-refractivity contribution in [3.8, 4) is 0 Å². The average Bonchev–Trinajstić information content (AvgIpc) is 3.24. The molecule has 2 aliphatic heterocycles. The number of carbonyl (C=O) groups excluding carboxylic acids is 3. The first-order valence-corrected chi connectivity index (χ1v) is 12.6. The third-order valence-electron chi connectivity index (χ3n) is 7.58. The minimum absolute atomic E-state index is 0.177. The summed E-state index contributed by atoms with van der Waals surface area (Å²) in [5.41, 5.74) is 0.582. The molecule has 0 radical (unpaired) electrons. The second-order valence-corrected chi connectivity index (χ2v) is 9.97. The molecule has 3 amide bonds. The van der Waals surface area contributed by atoms with Crippen LogP contribution in [0.1, 0.15) is 65.6 Å². The van der Waals surface area contributed by atoms with Crippen LogP contribution in [-0.4, -0.2) is 42.1 Å². The summed E-state index contributed by atoms with van der Waals surface area (Å²) in [6, 6.07) is 7.95. The van der Waals surface area contributed by atoms with E-state index in [1.165, 1.54) is 25.3 Å². The fourth-order valence-electron chi connectivity index (χ4n) is 5.58. The van der Waals surface area contributed by atoms with Gasteiger partial charge in [0.1, 0.15) is 18.1 Å². The number of hydrogen-bond donors (Lipinski definition) is 2. The number of imide groups is 1. The largest absolute Gasteiger partial charge is 0.446 e. The molecule has 2 heterocycles. The Bertz CT molecular complexity index is 1290. The molecule has 1 aliphatic carbocycles. The van der Waals surface area contributed by atoms with E-state index >= 15 is 4.39 Å². The topological polar surface area (TPSA) is 97.0 Å². The zero-order valence-electron chi connectivity index (χ0n) is 21.0. The monoisotopic (exact) mass is 549 g/mol. The van der Waals surface area contributed by atoms with Crippen molar-refractivity contribution in [3.63, 3.8) is 0 Å². The van der Waals surface area contributed by atoms with Crippen LogP contribution in [0.3, 0.4) is 0 Å². The molecule has 5 rings (SSSR count). The Labute approximate surface area is 221 Å². The van der Waals surface area contributed by atoms with Crippen molar-refractivity contribution < 1.29 is 41.4 Å². The standard InChI is InChI=1S/C27H27F4N3O5/c1-38-25-22-15(13-34(25)20-8-9-21(35)33-24(20)36)7-6-14(23(22)28)12-32-26(37)39-17-10-16(11-17)18-4-2-3-5-19(18)27(29,30)31/h2-7,16-17,20,25H,8-13H2,1H3,(H,32,37)(H,33,35,36). The number of hydrogen-bond acceptors (Lipinski definition) is 6. The summed E-state index contributed by atoms with van der Waals surface area (Å²) >= 11 is 0. The number of rotatable bonds is 6. The third kappa shape index (κ3) is 5.35. The van der Waals surface area contributed by atoms with Crippen molar-refractivity contribution in [2.75, 3.05) is 7.11 Å². The van der Waals surface area contributed by atoms with Crippen molar-refractivity contribution in [1.82, 2.24) is 15.5 Å². The van der Waals surface area contributed by atoms with Crippen LogP contribution in [0.5, 0.6) is 0 Å². The van der Waals surface area contributed by atoms with Gasteiger partial charge >= 0.3 is 12.3 Å². The summed E-state index contributed by atoms with van der Waals surface area (Å²) in [6.45, 7) is 0.0763. The molecule has 8 nitrogen and oxygen atoms in total. The summed E-state index contributed by atoms with van der Waals surface area (Å²) in [7, 11) is 1.40. The normalized spacial score (nSPS) is 25.1. The molecule has 1 saturated heterocycles. The molecule has 0 spiro atoms. The lowest BCUT2D eigenvalue weighted by Crippen LogP contribution is -2.52. The number of alkyl carbamates (subject to hydrolysis) is 1. The van der Waals surface area contributed by atoms with E-state index in [9.17, 15) is 27.6 Å². The Balaban J connectivity index is 1.18. The minimum atomic E-state index is -4.46. The van der Waals surface area contributed by atoms with Gasteiger partial charge in [0.25, 0.3) is 0 Å². The van der Waals surface area contributed by atoms with Crippen LogP contribution in [0.25, 0.3) is 0 Å². The smallest absolute Gasteiger partial charge is 0.416 e. The first-order chi connectivity index (χ1) is 18.6. The fraction of sp³-hybridized carbons (Fsp3) is 0.444. The number of nitrogens with zero attached hydrogens (tertiary/aromatic N) is 1. The van der Waals surface area contributed by atoms with E-state index in [1.54, 1.807) is 17.0 Å². The lowest BCUT2D eigenvalue weighted by molar-refractivity contribution is -0.143. The number of benzene rings is 2. The van der Waals surface area contributed by atoms with E-state index in [4.69, 9.17) is 9.47 Å². The third-order valence-corrected chi connectivity index (χ3v) is 7.58. The lowest BCUT2D eigenvalue weighted by atomic mass is 9.76. The number of piperidine rings is 1. The molecule has 2 fully saturated rings. The van der Waals surface area contributed by atoms with Gasteiger partial charge in [-0.25, -0.2) is 9.18 Å². The highest BCUT2D eigenvalue weighted by Crippen LogP contribution is 2.44. The summed E-state index contributed by atoms with van der Waals surface area (Å²) in [4.78, 5) is 37.9. The zero-order chi connectivity index (χ0) is 27.9. The average molecular weight is 550 g/mol. The Hall–Kier alpha value is -3.51. The number of ether oxygens (including phenoxy) is 2. The van der Waals surface area contributed by atoms with E-state index in [0.717, 1.165) is 6.07 Å². The van der Waals surface area contributed by atoms with E-state index in [-0.39, 0.29) is 60.9 Å². The highest BCUT2D eigenvalue weighted by molar-refractivity contribution is 6.00. The number of halogens is 4. The van der Waals surface area contributed by atoms with Gasteiger partial charge in [0.05, 0.1) is 11.6 Å². The van der Waals surface area contributed by atoms with Gasteiger partial charge in [0.15, 0.2) is 0 Å². The molecular weight excluding hydrogens is 522 g/mol. The fourth-order valence-corrected chi connectivity index (χ4v) is 5.58. The van der Waals surface area contributed by atoms with E-state index < -0.39 is 47.9 Å². The van der Waals surface area contributed by atoms with Gasteiger partial charge in [-0.3, -0.25) is 19.8 Å². The summed E-state index contributed by atoms with van der Waals surface area (Å²) in [6.07, 6.45) is -5.64. The Morgan fingerprint density at radius 2 is 1.90 bits per heavy atom. The first-order valence-electron chi connectivity index (χ1n) is 12.6. The van der Waals surface area contributed by atoms with Crippen LogP contribution in [0.15, 0.2) is 36.4 Å². The van der Waals surface area contributed by atoms with Gasteiger partial charge < -0.3 is 14.8 Å². The maximum absolute atomic E-state index is 15.5. The molecule has 2 unspecified atom stereocenters. The molecule has 1 saturated carbocycles. The molecule has 39 heavy (non-hydrogen) atoms. The van der Waals surface area contributed by atoms with Crippen LogP contribution < -0.4 is 10.6 Å². The van der Waals surface area contributed by atoms with Gasteiger partial charge in [-0.15, -0.1) is 0 Å². The Morgan fingerprint density at radius 3 is 2.59 bits per heavy atom. The maximum Gasteiger partial charge on any atom is 0.416 e. The minimum Gasteiger partial charge on any atom is -0.446 e. The van der Waals surface area contributed by atoms with Crippen LogP contribution in [0.2, 0.25) is 0 Å². The predicted molar refractivity (Wildman–Crippen MR) is 128 cm³/mol. The SMILES string of the molecule is COC1c2c(ccc(CNC(=O)OC3CC(c4ccccc4C(F)(F)F)C3)c2F)CN1C1CCC(=O)NC1=O. The van der Waals surface area contributed by atoms with Crippen molar-refractivity contribution in [3.05, 3.63) is 70.0 Å². The molecule has 12 heteroatoms. The molecule has 2 N–H and O–H groups in total. The maximum atomic E-state index is 15.5. The van der Waals surface area contributed by atoms with E-state index in [2.05, 4.69) is 10.6 Å². The van der Waals surface area contributed by atoms with Gasteiger partial charge in [0, 0.05) is 37.7 Å². The van der Waals surface area contributed by atoms with Crippen LogP contribution in [0, 0.1) is 5.82 Å². The summed E-state index contributed by atoms with van der Waals surface area (Å²) in [5, 5.41) is 4.80. The van der Waals surface area contributed by atoms with Crippen LogP contribution >= 0.6 is 0 Å². The number of methoxy groups -OCH3 is 1. The number of alkyl halides is 3. The lowest BCUT2D eigenvalue weighted by Gasteiger charge is -2.36. The van der Waals surface area contributed by atoms with Gasteiger partial charge in [-0.1, -0.05) is 30.3 Å². The molecule has 0 bridgehead atoms. The molecule has 208 valence electrons. The molecular formula is C27H27F4N3O5. The van der Waals surface area contributed by atoms with E-state index in [1.807, 2.05) is 0 Å². The van der Waals surface area contributed by atoms with Crippen molar-refractivity contribution in [2.45, 2.75) is 69.2 Å². The number of amides is 3. The van der Waals surface area contributed by atoms with Gasteiger partial charge in [-0.05, 0) is 42.4 Å². The number of nitrogens with one attached hydrogen (secondary N) is 2. The summed E-state index contributed by atoms with van der Waals surface area (Å²) in [5.74, 6) is -1.75. The zero-order valence-corrected chi connectivity index (χ0v) is 21.0. The van der Waals surface area contributed by atoms with Crippen molar-refractivity contribution in [2.24, 2.45) is 0 Å². The molecule has 3 aliphatic rings. The van der Waals surface area contributed by atoms with Crippen LogP contribution in [0.4, 0.5) is 22.4 Å². The first kappa shape index (κ1) is 27.1. The highest BCUT2D eigenvalue weighted by Gasteiger charge is 2.43.